The average molecular weight is 261 g/mol. The van der Waals surface area contributed by atoms with Crippen LogP contribution in [0.2, 0.25) is 0 Å². The molecule has 0 fully saturated rings. The summed E-state index contributed by atoms with van der Waals surface area (Å²) in [6, 6.07) is 20.9. The molecular formula is C19H17O. The zero-order valence-electron chi connectivity index (χ0n) is 11.6. The van der Waals surface area contributed by atoms with Crippen molar-refractivity contribution in [3.63, 3.8) is 0 Å². The van der Waals surface area contributed by atoms with Gasteiger partial charge in [-0.2, -0.15) is 0 Å². The number of rotatable bonds is 3. The van der Waals surface area contributed by atoms with Crippen LogP contribution in [0.3, 0.4) is 0 Å². The maximum absolute atomic E-state index is 5.47. The summed E-state index contributed by atoms with van der Waals surface area (Å²) >= 11 is 0. The van der Waals surface area contributed by atoms with Crippen molar-refractivity contribution in [1.82, 2.24) is 0 Å². The molecular weight excluding hydrogens is 244 g/mol. The smallest absolute Gasteiger partial charge is 0.122 e. The summed E-state index contributed by atoms with van der Waals surface area (Å²) in [7, 11) is 1.71. The van der Waals surface area contributed by atoms with Gasteiger partial charge in [-0.1, -0.05) is 54.6 Å². The predicted octanol–water partition coefficient (Wildman–Crippen LogP) is 4.62. The third kappa shape index (κ3) is 2.27. The lowest BCUT2D eigenvalue weighted by Crippen LogP contribution is -1.97. The van der Waals surface area contributed by atoms with Crippen LogP contribution in [0.1, 0.15) is 16.7 Å². The summed E-state index contributed by atoms with van der Waals surface area (Å²) in [5.41, 5.74) is 3.49. The summed E-state index contributed by atoms with van der Waals surface area (Å²) in [4.78, 5) is 0. The predicted molar refractivity (Wildman–Crippen MR) is 84.2 cm³/mol. The molecule has 3 aromatic carbocycles. The minimum Gasteiger partial charge on any atom is -0.496 e. The van der Waals surface area contributed by atoms with E-state index in [-0.39, 0.29) is 0 Å². The molecule has 3 aromatic rings. The molecule has 1 heteroatoms. The normalized spacial score (nSPS) is 10.7. The van der Waals surface area contributed by atoms with E-state index in [0.29, 0.717) is 0 Å². The van der Waals surface area contributed by atoms with E-state index < -0.39 is 0 Å². The Labute approximate surface area is 119 Å². The Morgan fingerprint density at radius 1 is 0.900 bits per heavy atom. The molecule has 99 valence electrons. The fourth-order valence-electron chi connectivity index (χ4n) is 2.64. The molecule has 0 saturated heterocycles. The van der Waals surface area contributed by atoms with Gasteiger partial charge in [-0.3, -0.25) is 0 Å². The number of hydrogen-bond acceptors (Lipinski definition) is 1. The fraction of sp³-hybridized carbons (Fsp3) is 0.105. The van der Waals surface area contributed by atoms with Crippen LogP contribution < -0.4 is 4.74 Å². The fourth-order valence-corrected chi connectivity index (χ4v) is 2.64. The van der Waals surface area contributed by atoms with E-state index in [0.717, 1.165) is 23.3 Å². The number of ether oxygens (including phenoxy) is 1. The molecule has 0 amide bonds. The highest BCUT2D eigenvalue weighted by atomic mass is 16.5. The summed E-state index contributed by atoms with van der Waals surface area (Å²) in [5.74, 6) is 0.908. The first-order chi connectivity index (χ1) is 9.79. The van der Waals surface area contributed by atoms with Gasteiger partial charge in [0.2, 0.25) is 0 Å². The molecule has 0 saturated carbocycles. The third-order valence-electron chi connectivity index (χ3n) is 3.70. The first kappa shape index (κ1) is 12.7. The summed E-state index contributed by atoms with van der Waals surface area (Å²) in [5, 5.41) is 2.56. The van der Waals surface area contributed by atoms with Crippen molar-refractivity contribution >= 4 is 10.8 Å². The van der Waals surface area contributed by atoms with Crippen molar-refractivity contribution < 1.29 is 4.74 Å². The minimum absolute atomic E-state index is 0.838. The van der Waals surface area contributed by atoms with Crippen LogP contribution in [0.15, 0.2) is 60.7 Å². The number of fused-ring (bicyclic) bond motifs is 1. The Morgan fingerprint density at radius 3 is 2.50 bits per heavy atom. The first-order valence-electron chi connectivity index (χ1n) is 6.74. The van der Waals surface area contributed by atoms with Gasteiger partial charge in [-0.05, 0) is 34.9 Å². The molecule has 0 aliphatic carbocycles. The first-order valence-corrected chi connectivity index (χ1v) is 6.74. The second-order valence-electron chi connectivity index (χ2n) is 4.91. The Morgan fingerprint density at radius 2 is 1.65 bits per heavy atom. The number of benzene rings is 3. The van der Waals surface area contributed by atoms with Crippen LogP contribution in [0.5, 0.6) is 5.75 Å². The zero-order chi connectivity index (χ0) is 13.9. The Hall–Kier alpha value is -2.28. The van der Waals surface area contributed by atoms with Gasteiger partial charge in [0.15, 0.2) is 0 Å². The van der Waals surface area contributed by atoms with Gasteiger partial charge in [0, 0.05) is 12.0 Å². The lowest BCUT2D eigenvalue weighted by molar-refractivity contribution is 0.410. The van der Waals surface area contributed by atoms with Crippen LogP contribution in [0.25, 0.3) is 10.8 Å². The van der Waals surface area contributed by atoms with Crippen LogP contribution in [0, 0.1) is 6.92 Å². The topological polar surface area (TPSA) is 9.23 Å². The van der Waals surface area contributed by atoms with E-state index >= 15 is 0 Å². The van der Waals surface area contributed by atoms with Crippen molar-refractivity contribution in [2.45, 2.75) is 6.42 Å². The minimum atomic E-state index is 0.838. The quantitative estimate of drug-likeness (QED) is 0.668. The summed E-state index contributed by atoms with van der Waals surface area (Å²) < 4.78 is 5.47. The van der Waals surface area contributed by atoms with Gasteiger partial charge in [0.05, 0.1) is 7.11 Å². The molecule has 0 aliphatic rings. The zero-order valence-corrected chi connectivity index (χ0v) is 11.6. The highest BCUT2D eigenvalue weighted by Crippen LogP contribution is 2.28. The van der Waals surface area contributed by atoms with Gasteiger partial charge in [0.25, 0.3) is 0 Å². The Bertz CT molecular complexity index is 738. The van der Waals surface area contributed by atoms with Crippen molar-refractivity contribution in [2.24, 2.45) is 0 Å². The molecule has 3 rings (SSSR count). The standard InChI is InChI=1S/C19H17O/c1-14-7-5-12-19(20-2)18(14)13-16-10-6-9-15-8-3-4-11-17(15)16/h3-12H,1,13H2,2H3. The van der Waals surface area contributed by atoms with E-state index in [1.807, 2.05) is 18.2 Å². The van der Waals surface area contributed by atoms with Crippen LogP contribution in [-0.2, 0) is 6.42 Å². The summed E-state index contributed by atoms with van der Waals surface area (Å²) in [6.07, 6.45) is 0.838. The number of methoxy groups -OCH3 is 1. The monoisotopic (exact) mass is 261 g/mol. The van der Waals surface area contributed by atoms with Gasteiger partial charge in [0.1, 0.15) is 5.75 Å². The molecule has 0 atom stereocenters. The molecule has 0 N–H and O–H groups in total. The highest BCUT2D eigenvalue weighted by molar-refractivity contribution is 5.86. The molecule has 0 aromatic heterocycles. The summed E-state index contributed by atoms with van der Waals surface area (Å²) in [6.45, 7) is 4.13. The van der Waals surface area contributed by atoms with Gasteiger partial charge < -0.3 is 4.74 Å². The Kier molecular flexibility index (Phi) is 3.42. The maximum Gasteiger partial charge on any atom is 0.122 e. The van der Waals surface area contributed by atoms with Crippen molar-refractivity contribution in [2.75, 3.05) is 7.11 Å². The lowest BCUT2D eigenvalue weighted by Gasteiger charge is -2.13. The average Bonchev–Trinajstić information content (AvgIpc) is 2.49. The third-order valence-corrected chi connectivity index (χ3v) is 3.70. The molecule has 0 bridgehead atoms. The van der Waals surface area contributed by atoms with E-state index in [9.17, 15) is 0 Å². The largest absolute Gasteiger partial charge is 0.496 e. The highest BCUT2D eigenvalue weighted by Gasteiger charge is 2.09. The van der Waals surface area contributed by atoms with Gasteiger partial charge >= 0.3 is 0 Å². The van der Waals surface area contributed by atoms with Crippen LogP contribution in [0.4, 0.5) is 0 Å². The molecule has 1 nitrogen and oxygen atoms in total. The molecule has 0 unspecified atom stereocenters. The molecule has 0 spiro atoms. The van der Waals surface area contributed by atoms with Crippen LogP contribution >= 0.6 is 0 Å². The second kappa shape index (κ2) is 5.38. The van der Waals surface area contributed by atoms with Crippen molar-refractivity contribution in [1.29, 1.82) is 0 Å². The molecule has 0 heterocycles. The molecule has 1 radical (unpaired) electrons. The Balaban J connectivity index is 2.10. The lowest BCUT2D eigenvalue weighted by atomic mass is 9.95. The van der Waals surface area contributed by atoms with Gasteiger partial charge in [-0.25, -0.2) is 0 Å². The second-order valence-corrected chi connectivity index (χ2v) is 4.91. The van der Waals surface area contributed by atoms with E-state index in [1.165, 1.54) is 16.3 Å². The van der Waals surface area contributed by atoms with Crippen molar-refractivity contribution in [3.8, 4) is 5.75 Å². The molecule has 0 aliphatic heterocycles. The van der Waals surface area contributed by atoms with E-state index in [1.54, 1.807) is 7.11 Å². The van der Waals surface area contributed by atoms with E-state index in [4.69, 9.17) is 4.74 Å². The SMILES string of the molecule is [CH2]c1cccc(OC)c1Cc1cccc2ccccc12. The molecule has 20 heavy (non-hydrogen) atoms. The number of hydrogen-bond donors (Lipinski definition) is 0. The van der Waals surface area contributed by atoms with E-state index in [2.05, 4.69) is 49.4 Å². The van der Waals surface area contributed by atoms with Crippen molar-refractivity contribution in [3.05, 3.63) is 84.3 Å². The maximum atomic E-state index is 5.47. The van der Waals surface area contributed by atoms with Crippen LogP contribution in [-0.4, -0.2) is 7.11 Å². The van der Waals surface area contributed by atoms with Gasteiger partial charge in [-0.15, -0.1) is 0 Å².